The molecule has 134 valence electrons. The van der Waals surface area contributed by atoms with Crippen LogP contribution in [-0.2, 0) is 22.6 Å². The van der Waals surface area contributed by atoms with Gasteiger partial charge in [0.25, 0.3) is 0 Å². The van der Waals surface area contributed by atoms with E-state index in [0.29, 0.717) is 24.9 Å². The van der Waals surface area contributed by atoms with Crippen molar-refractivity contribution in [1.29, 1.82) is 0 Å². The number of carbonyl (C=O) groups excluding carboxylic acids is 1. The average Bonchev–Trinajstić information content (AvgIpc) is 3.01. The fraction of sp³-hybridized carbons (Fsp3) is 0.588. The minimum Gasteiger partial charge on any atom is -0.474 e. The number of nitrogens with two attached hydrogens (primary N) is 1. The lowest BCUT2D eigenvalue weighted by Gasteiger charge is -2.28. The minimum absolute atomic E-state index is 0.171. The van der Waals surface area contributed by atoms with Gasteiger partial charge in [-0.05, 0) is 38.3 Å². The summed E-state index contributed by atoms with van der Waals surface area (Å²) in [5.74, 6) is 0.190. The summed E-state index contributed by atoms with van der Waals surface area (Å²) in [7, 11) is 2.01. The molecule has 0 aromatic carbocycles. The van der Waals surface area contributed by atoms with Crippen LogP contribution < -0.4 is 15.8 Å². The van der Waals surface area contributed by atoms with Crippen LogP contribution in [0, 0.1) is 0 Å². The lowest BCUT2D eigenvalue weighted by molar-refractivity contribution is -0.130. The number of nitrogens with zero attached hydrogens (tertiary/aromatic N) is 2. The van der Waals surface area contributed by atoms with Gasteiger partial charge in [-0.3, -0.25) is 4.79 Å². The zero-order chi connectivity index (χ0) is 17.4. The number of nitrogens with one attached hydrogen (secondary N) is 1. The maximum absolute atomic E-state index is 11.5. The van der Waals surface area contributed by atoms with Gasteiger partial charge in [-0.15, -0.1) is 11.3 Å². The van der Waals surface area contributed by atoms with Crippen LogP contribution in [0.1, 0.15) is 36.1 Å². The number of hydrogen-bond acceptors (Lipinski definition) is 7. The van der Waals surface area contributed by atoms with E-state index in [4.69, 9.17) is 15.2 Å². The van der Waals surface area contributed by atoms with Crippen molar-refractivity contribution >= 4 is 27.5 Å². The van der Waals surface area contributed by atoms with E-state index in [2.05, 4.69) is 15.3 Å². The van der Waals surface area contributed by atoms with Crippen molar-refractivity contribution in [2.75, 3.05) is 7.05 Å². The van der Waals surface area contributed by atoms with E-state index in [1.54, 1.807) is 17.7 Å². The Morgan fingerprint density at radius 1 is 1.36 bits per heavy atom. The molecule has 7 nitrogen and oxygen atoms in total. The van der Waals surface area contributed by atoms with Crippen molar-refractivity contribution in [2.24, 2.45) is 5.73 Å². The van der Waals surface area contributed by atoms with E-state index >= 15 is 0 Å². The van der Waals surface area contributed by atoms with E-state index in [9.17, 15) is 4.79 Å². The molecule has 2 aliphatic rings. The maximum Gasteiger partial charge on any atom is 0.246 e. The number of fused-ring (bicyclic) bond motifs is 3. The van der Waals surface area contributed by atoms with Crippen LogP contribution >= 0.6 is 11.3 Å². The Balaban J connectivity index is 1.62. The molecule has 0 saturated heterocycles. The third-order valence-corrected chi connectivity index (χ3v) is 6.23. The molecule has 0 radical (unpaired) electrons. The number of primary amides is 1. The van der Waals surface area contributed by atoms with Gasteiger partial charge in [0.15, 0.2) is 0 Å². The molecular formula is C17H22N4O3S. The van der Waals surface area contributed by atoms with Crippen LogP contribution in [0.3, 0.4) is 0 Å². The Kier molecular flexibility index (Phi) is 4.58. The van der Waals surface area contributed by atoms with Crippen LogP contribution in [-0.4, -0.2) is 41.2 Å². The Morgan fingerprint density at radius 2 is 2.16 bits per heavy atom. The molecule has 25 heavy (non-hydrogen) atoms. The van der Waals surface area contributed by atoms with E-state index in [0.717, 1.165) is 46.3 Å². The summed E-state index contributed by atoms with van der Waals surface area (Å²) in [4.78, 5) is 22.2. The standard InChI is InChI=1S/C17H22N4O3S/c1-19-9-2-4-10(5-3-9)24-16-14-11-6-12(15(18)22)23-7-13(11)25-17(14)21-8-20-16/h8-10,12,19H,2-7H2,1H3,(H2,18,22)/t9-,10-,12-/m1/s1. The molecule has 2 aromatic rings. The molecule has 2 aromatic heterocycles. The first kappa shape index (κ1) is 16.7. The Hall–Kier alpha value is -1.77. The SMILES string of the molecule is CN[C@H]1CC[C@H](Oc2ncnc3sc4c(c23)C[C@H](C(N)=O)OC4)CC1. The molecule has 0 bridgehead atoms. The molecule has 3 heterocycles. The fourth-order valence-electron chi connectivity index (χ4n) is 3.66. The third kappa shape index (κ3) is 3.21. The summed E-state index contributed by atoms with van der Waals surface area (Å²) in [6.07, 6.45) is 5.82. The van der Waals surface area contributed by atoms with Gasteiger partial charge in [0.2, 0.25) is 11.8 Å². The van der Waals surface area contributed by atoms with Gasteiger partial charge in [0, 0.05) is 17.3 Å². The van der Waals surface area contributed by atoms with Gasteiger partial charge in [-0.25, -0.2) is 9.97 Å². The first-order valence-electron chi connectivity index (χ1n) is 8.65. The molecule has 1 atom stereocenters. The number of hydrogen-bond donors (Lipinski definition) is 2. The first-order chi connectivity index (χ1) is 12.2. The van der Waals surface area contributed by atoms with E-state index < -0.39 is 12.0 Å². The highest BCUT2D eigenvalue weighted by atomic mass is 32.1. The largest absolute Gasteiger partial charge is 0.474 e. The Morgan fingerprint density at radius 3 is 2.88 bits per heavy atom. The van der Waals surface area contributed by atoms with Gasteiger partial charge in [0.05, 0.1) is 12.0 Å². The fourth-order valence-corrected chi connectivity index (χ4v) is 4.74. The number of aromatic nitrogens is 2. The van der Waals surface area contributed by atoms with E-state index in [1.165, 1.54) is 0 Å². The molecule has 1 saturated carbocycles. The number of amides is 1. The quantitative estimate of drug-likeness (QED) is 0.856. The second kappa shape index (κ2) is 6.86. The van der Waals surface area contributed by atoms with Crippen molar-refractivity contribution in [3.63, 3.8) is 0 Å². The summed E-state index contributed by atoms with van der Waals surface area (Å²) in [6, 6.07) is 0.577. The van der Waals surface area contributed by atoms with Gasteiger partial charge >= 0.3 is 0 Å². The average molecular weight is 362 g/mol. The molecule has 3 N–H and O–H groups in total. The zero-order valence-electron chi connectivity index (χ0n) is 14.2. The first-order valence-corrected chi connectivity index (χ1v) is 9.47. The molecule has 4 rings (SSSR count). The number of thiophene rings is 1. The second-order valence-electron chi connectivity index (χ2n) is 6.65. The predicted octanol–water partition coefficient (Wildman–Crippen LogP) is 1.53. The topological polar surface area (TPSA) is 99.4 Å². The van der Waals surface area contributed by atoms with Crippen molar-refractivity contribution in [3.05, 3.63) is 16.8 Å². The molecule has 0 unspecified atom stereocenters. The van der Waals surface area contributed by atoms with E-state index in [1.807, 2.05) is 7.05 Å². The Labute approximate surface area is 149 Å². The monoisotopic (exact) mass is 362 g/mol. The summed E-state index contributed by atoms with van der Waals surface area (Å²) in [5.41, 5.74) is 6.47. The number of rotatable bonds is 4. The van der Waals surface area contributed by atoms with Gasteiger partial charge < -0.3 is 20.5 Å². The maximum atomic E-state index is 11.5. The summed E-state index contributed by atoms with van der Waals surface area (Å²) >= 11 is 1.58. The van der Waals surface area contributed by atoms with Gasteiger partial charge in [-0.1, -0.05) is 0 Å². The summed E-state index contributed by atoms with van der Waals surface area (Å²) < 4.78 is 11.8. The van der Waals surface area contributed by atoms with Gasteiger partial charge in [0.1, 0.15) is 23.4 Å². The molecule has 1 aliphatic heterocycles. The smallest absolute Gasteiger partial charge is 0.246 e. The van der Waals surface area contributed by atoms with Crippen LogP contribution in [0.5, 0.6) is 5.88 Å². The highest BCUT2D eigenvalue weighted by molar-refractivity contribution is 7.18. The zero-order valence-corrected chi connectivity index (χ0v) is 15.0. The predicted molar refractivity (Wildman–Crippen MR) is 94.6 cm³/mol. The highest BCUT2D eigenvalue weighted by Gasteiger charge is 2.30. The molecule has 8 heteroatoms. The van der Waals surface area contributed by atoms with Crippen molar-refractivity contribution in [3.8, 4) is 5.88 Å². The lowest BCUT2D eigenvalue weighted by atomic mass is 9.93. The van der Waals surface area contributed by atoms with Crippen molar-refractivity contribution in [1.82, 2.24) is 15.3 Å². The molecule has 1 aliphatic carbocycles. The second-order valence-corrected chi connectivity index (χ2v) is 7.73. The van der Waals surface area contributed by atoms with E-state index in [-0.39, 0.29) is 6.10 Å². The summed E-state index contributed by atoms with van der Waals surface area (Å²) in [5, 5.41) is 4.26. The van der Waals surface area contributed by atoms with Gasteiger partial charge in [-0.2, -0.15) is 0 Å². The van der Waals surface area contributed by atoms with Crippen LogP contribution in [0.4, 0.5) is 0 Å². The Bertz CT molecular complexity index is 786. The normalized spacial score (nSPS) is 26.4. The van der Waals surface area contributed by atoms with Crippen LogP contribution in [0.25, 0.3) is 10.2 Å². The van der Waals surface area contributed by atoms with Crippen LogP contribution in [0.15, 0.2) is 6.33 Å². The van der Waals surface area contributed by atoms with Crippen LogP contribution in [0.2, 0.25) is 0 Å². The highest BCUT2D eigenvalue weighted by Crippen LogP contribution is 2.39. The van der Waals surface area contributed by atoms with Crippen molar-refractivity contribution < 1.29 is 14.3 Å². The molecule has 0 spiro atoms. The molecule has 1 fully saturated rings. The molecule has 1 amide bonds. The van der Waals surface area contributed by atoms with Crippen molar-refractivity contribution in [2.45, 2.75) is 57.0 Å². The molecular weight excluding hydrogens is 340 g/mol. The number of carbonyl (C=O) groups is 1. The number of ether oxygens (including phenoxy) is 2. The minimum atomic E-state index is -0.593. The third-order valence-electron chi connectivity index (χ3n) is 5.12. The lowest BCUT2D eigenvalue weighted by Crippen LogP contribution is -2.35. The summed E-state index contributed by atoms with van der Waals surface area (Å²) in [6.45, 7) is 0.386.